The lowest BCUT2D eigenvalue weighted by molar-refractivity contribution is 0.0697. The molecular formula is C14H17ClN2O3. The number of nitrogens with zero attached hydrogens (tertiary/aromatic N) is 1. The van der Waals surface area contributed by atoms with E-state index in [0.29, 0.717) is 11.6 Å². The van der Waals surface area contributed by atoms with Crippen molar-refractivity contribution in [2.24, 2.45) is 5.92 Å². The smallest absolute Gasteiger partial charge is 0.337 e. The van der Waals surface area contributed by atoms with Crippen molar-refractivity contribution in [1.82, 2.24) is 4.90 Å². The number of carbonyl (C=O) groups excluding carboxylic acids is 1. The quantitative estimate of drug-likeness (QED) is 0.895. The van der Waals surface area contributed by atoms with Crippen molar-refractivity contribution in [1.29, 1.82) is 0 Å². The van der Waals surface area contributed by atoms with Gasteiger partial charge in [0.05, 0.1) is 10.6 Å². The van der Waals surface area contributed by atoms with E-state index in [1.165, 1.54) is 12.1 Å². The molecule has 108 valence electrons. The lowest BCUT2D eigenvalue weighted by atomic mass is 10.2. The van der Waals surface area contributed by atoms with Crippen molar-refractivity contribution < 1.29 is 14.7 Å². The number of carboxylic acids is 1. The Morgan fingerprint density at radius 3 is 2.65 bits per heavy atom. The van der Waals surface area contributed by atoms with Gasteiger partial charge in [-0.3, -0.25) is 0 Å². The summed E-state index contributed by atoms with van der Waals surface area (Å²) in [4.78, 5) is 24.7. The van der Waals surface area contributed by atoms with Crippen molar-refractivity contribution in [3.05, 3.63) is 28.8 Å². The topological polar surface area (TPSA) is 69.6 Å². The Morgan fingerprint density at radius 2 is 2.10 bits per heavy atom. The minimum Gasteiger partial charge on any atom is -0.478 e. The Morgan fingerprint density at radius 1 is 1.45 bits per heavy atom. The predicted molar refractivity (Wildman–Crippen MR) is 77.4 cm³/mol. The van der Waals surface area contributed by atoms with Crippen LogP contribution in [0.25, 0.3) is 0 Å². The lowest BCUT2D eigenvalue weighted by Gasteiger charge is -2.25. The molecule has 1 saturated carbocycles. The zero-order valence-corrected chi connectivity index (χ0v) is 12.1. The van der Waals surface area contributed by atoms with Crippen molar-refractivity contribution in [2.75, 3.05) is 12.4 Å². The van der Waals surface area contributed by atoms with E-state index < -0.39 is 5.97 Å². The molecule has 6 heteroatoms. The van der Waals surface area contributed by atoms with Crippen LogP contribution in [0, 0.1) is 5.92 Å². The summed E-state index contributed by atoms with van der Waals surface area (Å²) in [5.41, 5.74) is 0.397. The number of amides is 2. The van der Waals surface area contributed by atoms with Gasteiger partial charge in [0, 0.05) is 18.8 Å². The van der Waals surface area contributed by atoms with E-state index in [1.54, 1.807) is 18.0 Å². The molecule has 20 heavy (non-hydrogen) atoms. The number of aromatic carboxylic acids is 1. The third-order valence-electron chi connectivity index (χ3n) is 3.68. The second-order valence-electron chi connectivity index (χ2n) is 5.12. The first kappa shape index (κ1) is 14.7. The molecule has 1 aliphatic carbocycles. The van der Waals surface area contributed by atoms with Crippen molar-refractivity contribution in [3.8, 4) is 0 Å². The lowest BCUT2D eigenvalue weighted by Crippen LogP contribution is -2.39. The Labute approximate surface area is 122 Å². The Balaban J connectivity index is 2.07. The number of nitrogens with one attached hydrogen (secondary N) is 1. The highest BCUT2D eigenvalue weighted by atomic mass is 35.5. The summed E-state index contributed by atoms with van der Waals surface area (Å²) in [6.45, 7) is 2.02. The molecule has 0 heterocycles. The van der Waals surface area contributed by atoms with Gasteiger partial charge in [-0.05, 0) is 43.9 Å². The van der Waals surface area contributed by atoms with Gasteiger partial charge in [-0.2, -0.15) is 0 Å². The van der Waals surface area contributed by atoms with E-state index in [-0.39, 0.29) is 22.7 Å². The van der Waals surface area contributed by atoms with Crippen LogP contribution in [0.1, 0.15) is 30.1 Å². The number of anilines is 1. The SMILES string of the molecule is CC(C1CC1)N(C)C(=O)Nc1ccc(Cl)c(C(=O)O)c1. The molecule has 2 N–H and O–H groups in total. The number of carboxylic acid groups (broad SMARTS) is 1. The average Bonchev–Trinajstić information content (AvgIpc) is 3.23. The second-order valence-corrected chi connectivity index (χ2v) is 5.53. The average molecular weight is 297 g/mol. The molecule has 2 amide bonds. The number of hydrogen-bond donors (Lipinski definition) is 2. The molecule has 5 nitrogen and oxygen atoms in total. The summed E-state index contributed by atoms with van der Waals surface area (Å²) in [6.07, 6.45) is 2.31. The number of urea groups is 1. The van der Waals surface area contributed by atoms with Crippen LogP contribution in [-0.2, 0) is 0 Å². The molecular weight excluding hydrogens is 280 g/mol. The van der Waals surface area contributed by atoms with Crippen LogP contribution in [0.5, 0.6) is 0 Å². The molecule has 1 atom stereocenters. The molecule has 1 aliphatic rings. The Bertz CT molecular complexity index is 543. The standard InChI is InChI=1S/C14H17ClN2O3/c1-8(9-3-4-9)17(2)14(20)16-10-5-6-12(15)11(7-10)13(18)19/h5-9H,3-4H2,1-2H3,(H,16,20)(H,18,19). The molecule has 0 spiro atoms. The minimum atomic E-state index is -1.12. The van der Waals surface area contributed by atoms with Crippen LogP contribution < -0.4 is 5.32 Å². The number of hydrogen-bond acceptors (Lipinski definition) is 2. The van der Waals surface area contributed by atoms with Gasteiger partial charge in [0.25, 0.3) is 0 Å². The van der Waals surface area contributed by atoms with E-state index in [0.717, 1.165) is 12.8 Å². The van der Waals surface area contributed by atoms with Gasteiger partial charge in [0.15, 0.2) is 0 Å². The molecule has 0 bridgehead atoms. The third kappa shape index (κ3) is 3.22. The van der Waals surface area contributed by atoms with Gasteiger partial charge in [-0.1, -0.05) is 11.6 Å². The molecule has 0 aliphatic heterocycles. The summed E-state index contributed by atoms with van der Waals surface area (Å²) in [6, 6.07) is 4.34. The highest BCUT2D eigenvalue weighted by Crippen LogP contribution is 2.34. The van der Waals surface area contributed by atoms with Gasteiger partial charge in [0.2, 0.25) is 0 Å². The van der Waals surface area contributed by atoms with Crippen molar-refractivity contribution >= 4 is 29.3 Å². The maximum atomic E-state index is 12.1. The summed E-state index contributed by atoms with van der Waals surface area (Å²) < 4.78 is 0. The first-order chi connectivity index (χ1) is 9.40. The van der Waals surface area contributed by atoms with Gasteiger partial charge in [-0.25, -0.2) is 9.59 Å². The largest absolute Gasteiger partial charge is 0.478 e. The zero-order valence-electron chi connectivity index (χ0n) is 11.4. The fourth-order valence-corrected chi connectivity index (χ4v) is 2.26. The van der Waals surface area contributed by atoms with E-state index in [1.807, 2.05) is 6.92 Å². The van der Waals surface area contributed by atoms with Crippen LogP contribution in [-0.4, -0.2) is 35.1 Å². The first-order valence-electron chi connectivity index (χ1n) is 6.47. The maximum Gasteiger partial charge on any atom is 0.337 e. The minimum absolute atomic E-state index is 0.0256. The Hall–Kier alpha value is -1.75. The predicted octanol–water partition coefficient (Wildman–Crippen LogP) is 3.30. The van der Waals surface area contributed by atoms with Gasteiger partial charge in [0.1, 0.15) is 0 Å². The van der Waals surface area contributed by atoms with Crippen molar-refractivity contribution in [3.63, 3.8) is 0 Å². The maximum absolute atomic E-state index is 12.1. The molecule has 1 unspecified atom stereocenters. The summed E-state index contributed by atoms with van der Waals surface area (Å²) in [5.74, 6) is -0.545. The van der Waals surface area contributed by atoms with Crippen LogP contribution in [0.4, 0.5) is 10.5 Å². The third-order valence-corrected chi connectivity index (χ3v) is 4.01. The van der Waals surface area contributed by atoms with Crippen LogP contribution in [0.15, 0.2) is 18.2 Å². The Kier molecular flexibility index (Phi) is 4.18. The van der Waals surface area contributed by atoms with E-state index in [4.69, 9.17) is 16.7 Å². The summed E-state index contributed by atoms with van der Waals surface area (Å²) in [5, 5.41) is 11.8. The van der Waals surface area contributed by atoms with E-state index >= 15 is 0 Å². The second kappa shape index (κ2) is 5.71. The molecule has 0 radical (unpaired) electrons. The number of rotatable bonds is 4. The summed E-state index contributed by atoms with van der Waals surface area (Å²) >= 11 is 5.79. The number of halogens is 1. The number of carbonyl (C=O) groups is 2. The number of benzene rings is 1. The fourth-order valence-electron chi connectivity index (χ4n) is 2.06. The molecule has 2 rings (SSSR count). The summed E-state index contributed by atoms with van der Waals surface area (Å²) in [7, 11) is 1.74. The molecule has 0 saturated heterocycles. The molecule has 1 aromatic carbocycles. The monoisotopic (exact) mass is 296 g/mol. The zero-order chi connectivity index (χ0) is 14.9. The van der Waals surface area contributed by atoms with E-state index in [9.17, 15) is 9.59 Å². The van der Waals surface area contributed by atoms with Crippen LogP contribution >= 0.6 is 11.6 Å². The first-order valence-corrected chi connectivity index (χ1v) is 6.84. The van der Waals surface area contributed by atoms with Gasteiger partial charge >= 0.3 is 12.0 Å². The highest BCUT2D eigenvalue weighted by Gasteiger charge is 2.32. The van der Waals surface area contributed by atoms with Gasteiger partial charge < -0.3 is 15.3 Å². The van der Waals surface area contributed by atoms with E-state index in [2.05, 4.69) is 5.32 Å². The highest BCUT2D eigenvalue weighted by molar-refractivity contribution is 6.33. The molecule has 0 aromatic heterocycles. The normalized spacial score (nSPS) is 15.6. The fraction of sp³-hybridized carbons (Fsp3) is 0.429. The molecule has 1 aromatic rings. The van der Waals surface area contributed by atoms with Gasteiger partial charge in [-0.15, -0.1) is 0 Å². The molecule has 1 fully saturated rings. The van der Waals surface area contributed by atoms with Crippen LogP contribution in [0.2, 0.25) is 5.02 Å². The van der Waals surface area contributed by atoms with Crippen LogP contribution in [0.3, 0.4) is 0 Å². The van der Waals surface area contributed by atoms with Crippen molar-refractivity contribution in [2.45, 2.75) is 25.8 Å².